The predicted molar refractivity (Wildman–Crippen MR) is 69.9 cm³/mol. The van der Waals surface area contributed by atoms with E-state index >= 15 is 0 Å². The van der Waals surface area contributed by atoms with Crippen LogP contribution in [0.4, 0.5) is 0 Å². The second-order valence-electron chi connectivity index (χ2n) is 3.79. The number of allylic oxidation sites excluding steroid dienone is 1. The highest BCUT2D eigenvalue weighted by Gasteiger charge is 2.14. The minimum Gasteiger partial charge on any atom is -0.501 e. The highest BCUT2D eigenvalue weighted by atomic mass is 79.9. The number of benzene rings is 1. The van der Waals surface area contributed by atoms with Gasteiger partial charge in [-0.1, -0.05) is 22.0 Å². The van der Waals surface area contributed by atoms with Crippen molar-refractivity contribution in [2.24, 2.45) is 0 Å². The van der Waals surface area contributed by atoms with Crippen LogP contribution in [0.5, 0.6) is 0 Å². The topological polar surface area (TPSA) is 46.5 Å². The standard InChI is InChI=1S/C13H15BrO3/c1-8-4-5-11(14)6-10(8)7-12(13(15)16)9(2)17-3/h4-6H,7H2,1-3H3,(H,15,16). The van der Waals surface area contributed by atoms with Gasteiger partial charge in [0.05, 0.1) is 12.7 Å². The lowest BCUT2D eigenvalue weighted by Gasteiger charge is -2.10. The zero-order chi connectivity index (χ0) is 13.0. The van der Waals surface area contributed by atoms with Gasteiger partial charge in [0.2, 0.25) is 0 Å². The number of methoxy groups -OCH3 is 1. The van der Waals surface area contributed by atoms with Crippen molar-refractivity contribution in [3.8, 4) is 0 Å². The van der Waals surface area contributed by atoms with Gasteiger partial charge < -0.3 is 9.84 Å². The summed E-state index contributed by atoms with van der Waals surface area (Å²) in [6, 6.07) is 5.83. The molecule has 92 valence electrons. The molecule has 0 fully saturated rings. The second kappa shape index (κ2) is 5.87. The normalized spacial score (nSPS) is 12.0. The van der Waals surface area contributed by atoms with Crippen molar-refractivity contribution in [3.63, 3.8) is 0 Å². The molecule has 0 radical (unpaired) electrons. The molecular weight excluding hydrogens is 284 g/mol. The number of rotatable bonds is 4. The molecule has 1 rings (SSSR count). The van der Waals surface area contributed by atoms with Crippen molar-refractivity contribution < 1.29 is 14.6 Å². The van der Waals surface area contributed by atoms with E-state index in [-0.39, 0.29) is 5.57 Å². The first-order valence-corrected chi connectivity index (χ1v) is 5.97. The summed E-state index contributed by atoms with van der Waals surface area (Å²) in [7, 11) is 1.48. The molecule has 0 unspecified atom stereocenters. The Morgan fingerprint density at radius 2 is 2.12 bits per heavy atom. The average Bonchev–Trinajstić information content (AvgIpc) is 2.28. The van der Waals surface area contributed by atoms with Gasteiger partial charge in [0, 0.05) is 10.9 Å². The number of ether oxygens (including phenoxy) is 1. The Hall–Kier alpha value is -1.29. The number of hydrogen-bond acceptors (Lipinski definition) is 2. The summed E-state index contributed by atoms with van der Waals surface area (Å²) in [5.74, 6) is -0.499. The van der Waals surface area contributed by atoms with E-state index in [1.165, 1.54) is 7.11 Å². The van der Waals surface area contributed by atoms with Gasteiger partial charge >= 0.3 is 5.97 Å². The molecule has 4 heteroatoms. The van der Waals surface area contributed by atoms with Gasteiger partial charge in [0.1, 0.15) is 5.76 Å². The lowest BCUT2D eigenvalue weighted by Crippen LogP contribution is -2.08. The molecule has 0 atom stereocenters. The molecular formula is C13H15BrO3. The zero-order valence-corrected chi connectivity index (χ0v) is 11.7. The van der Waals surface area contributed by atoms with Crippen LogP contribution in [-0.4, -0.2) is 18.2 Å². The molecule has 3 nitrogen and oxygen atoms in total. The van der Waals surface area contributed by atoms with Gasteiger partial charge in [-0.05, 0) is 37.1 Å². The van der Waals surface area contributed by atoms with Gasteiger partial charge in [0.15, 0.2) is 0 Å². The Morgan fingerprint density at radius 3 is 2.65 bits per heavy atom. The lowest BCUT2D eigenvalue weighted by atomic mass is 10.00. The first-order chi connectivity index (χ1) is 7.95. The van der Waals surface area contributed by atoms with Crippen molar-refractivity contribution >= 4 is 21.9 Å². The van der Waals surface area contributed by atoms with Crippen LogP contribution in [-0.2, 0) is 16.0 Å². The van der Waals surface area contributed by atoms with Crippen LogP contribution in [0, 0.1) is 6.92 Å². The van der Waals surface area contributed by atoms with Gasteiger partial charge in [0.25, 0.3) is 0 Å². The number of carbonyl (C=O) groups is 1. The average molecular weight is 299 g/mol. The van der Waals surface area contributed by atoms with Crippen LogP contribution in [0.15, 0.2) is 34.0 Å². The first-order valence-electron chi connectivity index (χ1n) is 5.17. The maximum atomic E-state index is 11.2. The van der Waals surface area contributed by atoms with Crippen molar-refractivity contribution in [3.05, 3.63) is 45.1 Å². The molecule has 0 spiro atoms. The summed E-state index contributed by atoms with van der Waals surface area (Å²) in [6.07, 6.45) is 0.361. The molecule has 0 saturated carbocycles. The van der Waals surface area contributed by atoms with Crippen LogP contribution in [0.1, 0.15) is 18.1 Å². The first kappa shape index (κ1) is 13.8. The Bertz CT molecular complexity index is 464. The van der Waals surface area contributed by atoms with Crippen LogP contribution >= 0.6 is 15.9 Å². The van der Waals surface area contributed by atoms with Crippen LogP contribution < -0.4 is 0 Å². The molecule has 17 heavy (non-hydrogen) atoms. The molecule has 0 amide bonds. The predicted octanol–water partition coefficient (Wildman–Crippen LogP) is 3.31. The quantitative estimate of drug-likeness (QED) is 0.685. The minimum atomic E-state index is -0.941. The van der Waals surface area contributed by atoms with E-state index in [1.54, 1.807) is 6.92 Å². The molecule has 0 aliphatic carbocycles. The Balaban J connectivity index is 3.11. The number of halogens is 1. The molecule has 0 saturated heterocycles. The van der Waals surface area contributed by atoms with Gasteiger partial charge in [-0.3, -0.25) is 0 Å². The highest BCUT2D eigenvalue weighted by molar-refractivity contribution is 9.10. The Labute approximate surface area is 109 Å². The SMILES string of the molecule is COC(C)=C(Cc1cc(Br)ccc1C)C(=O)O. The van der Waals surface area contributed by atoms with Crippen LogP contribution in [0.2, 0.25) is 0 Å². The second-order valence-corrected chi connectivity index (χ2v) is 4.71. The summed E-state index contributed by atoms with van der Waals surface area (Å²) in [5, 5.41) is 9.15. The van der Waals surface area contributed by atoms with E-state index in [0.29, 0.717) is 12.2 Å². The van der Waals surface area contributed by atoms with E-state index < -0.39 is 5.97 Å². The molecule has 1 aromatic carbocycles. The lowest BCUT2D eigenvalue weighted by molar-refractivity contribution is -0.133. The molecule has 1 aromatic rings. The van der Waals surface area contributed by atoms with E-state index in [0.717, 1.165) is 15.6 Å². The molecule has 0 heterocycles. The van der Waals surface area contributed by atoms with Crippen molar-refractivity contribution in [2.75, 3.05) is 7.11 Å². The smallest absolute Gasteiger partial charge is 0.335 e. The Kier molecular flexibility index (Phi) is 4.75. The van der Waals surface area contributed by atoms with Crippen molar-refractivity contribution in [1.82, 2.24) is 0 Å². The van der Waals surface area contributed by atoms with Crippen LogP contribution in [0.3, 0.4) is 0 Å². The monoisotopic (exact) mass is 298 g/mol. The maximum Gasteiger partial charge on any atom is 0.335 e. The summed E-state index contributed by atoms with van der Waals surface area (Å²) in [4.78, 5) is 11.2. The molecule has 0 aliphatic heterocycles. The number of carboxylic acids is 1. The summed E-state index contributed by atoms with van der Waals surface area (Å²) in [5.41, 5.74) is 2.33. The highest BCUT2D eigenvalue weighted by Crippen LogP contribution is 2.20. The number of aryl methyl sites for hydroxylation is 1. The van der Waals surface area contributed by atoms with E-state index in [4.69, 9.17) is 9.84 Å². The number of hydrogen-bond donors (Lipinski definition) is 1. The van der Waals surface area contributed by atoms with Crippen LogP contribution in [0.25, 0.3) is 0 Å². The minimum absolute atomic E-state index is 0.286. The third-order valence-electron chi connectivity index (χ3n) is 2.67. The molecule has 1 N–H and O–H groups in total. The van der Waals surface area contributed by atoms with Crippen molar-refractivity contribution in [1.29, 1.82) is 0 Å². The third kappa shape index (κ3) is 3.60. The third-order valence-corrected chi connectivity index (χ3v) is 3.16. The van der Waals surface area contributed by atoms with Gasteiger partial charge in [-0.25, -0.2) is 4.79 Å². The molecule has 0 aromatic heterocycles. The van der Waals surface area contributed by atoms with E-state index in [2.05, 4.69) is 15.9 Å². The van der Waals surface area contributed by atoms with E-state index in [9.17, 15) is 4.79 Å². The molecule has 0 bridgehead atoms. The summed E-state index contributed by atoms with van der Waals surface area (Å²) in [6.45, 7) is 3.63. The van der Waals surface area contributed by atoms with Crippen molar-refractivity contribution in [2.45, 2.75) is 20.3 Å². The zero-order valence-electron chi connectivity index (χ0n) is 10.1. The fourth-order valence-electron chi connectivity index (χ4n) is 1.49. The number of aliphatic carboxylic acids is 1. The van der Waals surface area contributed by atoms with Gasteiger partial charge in [-0.15, -0.1) is 0 Å². The summed E-state index contributed by atoms with van der Waals surface area (Å²) < 4.78 is 5.95. The largest absolute Gasteiger partial charge is 0.501 e. The molecule has 0 aliphatic rings. The van der Waals surface area contributed by atoms with Gasteiger partial charge in [-0.2, -0.15) is 0 Å². The Morgan fingerprint density at radius 1 is 1.47 bits per heavy atom. The number of carboxylic acid groups (broad SMARTS) is 1. The fourth-order valence-corrected chi connectivity index (χ4v) is 1.90. The summed E-state index contributed by atoms with van der Waals surface area (Å²) >= 11 is 3.38. The fraction of sp³-hybridized carbons (Fsp3) is 0.308. The maximum absolute atomic E-state index is 11.2. The van der Waals surface area contributed by atoms with E-state index in [1.807, 2.05) is 25.1 Å².